The molecule has 0 radical (unpaired) electrons. The molecule has 0 amide bonds. The van der Waals surface area contributed by atoms with Gasteiger partial charge in [0, 0.05) is 6.61 Å². The Morgan fingerprint density at radius 1 is 1.33 bits per heavy atom. The van der Waals surface area contributed by atoms with E-state index in [0.717, 1.165) is 5.56 Å². The van der Waals surface area contributed by atoms with E-state index in [1.807, 2.05) is 18.2 Å². The molecule has 1 aromatic carbocycles. The maximum atomic E-state index is 11.6. The molecule has 0 aliphatic carbocycles. The van der Waals surface area contributed by atoms with Gasteiger partial charge in [0.05, 0.1) is 11.8 Å². The van der Waals surface area contributed by atoms with E-state index in [0.29, 0.717) is 0 Å². The molecule has 0 aromatic heterocycles. The minimum atomic E-state index is -4.18. The van der Waals surface area contributed by atoms with E-state index in [4.69, 9.17) is 9.29 Å². The van der Waals surface area contributed by atoms with Gasteiger partial charge in [0.1, 0.15) is 6.08 Å². The molecule has 1 N–H and O–H groups in total. The largest absolute Gasteiger partial charge is 1.00 e. The van der Waals surface area contributed by atoms with Gasteiger partial charge in [-0.3, -0.25) is 9.55 Å². The van der Waals surface area contributed by atoms with E-state index in [2.05, 4.69) is 4.99 Å². The van der Waals surface area contributed by atoms with Crippen LogP contribution in [0, 0.1) is 5.92 Å². The van der Waals surface area contributed by atoms with Gasteiger partial charge in [0.2, 0.25) is 0 Å². The van der Waals surface area contributed by atoms with Crippen molar-refractivity contribution in [2.45, 2.75) is 26.5 Å². The number of benzene rings is 1. The van der Waals surface area contributed by atoms with Gasteiger partial charge in [-0.25, -0.2) is 0 Å². The predicted molar refractivity (Wildman–Crippen MR) is 73.7 cm³/mol. The van der Waals surface area contributed by atoms with Crippen LogP contribution in [0.1, 0.15) is 19.4 Å². The fraction of sp³-hybridized carbons (Fsp3) is 0.462. The van der Waals surface area contributed by atoms with Gasteiger partial charge in [-0.05, 0) is 11.5 Å². The maximum absolute atomic E-state index is 11.6. The summed E-state index contributed by atoms with van der Waals surface area (Å²) in [6.07, 6.45) is -0.837. The van der Waals surface area contributed by atoms with Crippen molar-refractivity contribution in [1.29, 1.82) is 0 Å². The van der Waals surface area contributed by atoms with Crippen LogP contribution >= 0.6 is 0 Å². The van der Waals surface area contributed by atoms with Gasteiger partial charge < -0.3 is 9.84 Å². The number of rotatable bonds is 6. The van der Waals surface area contributed by atoms with E-state index in [1.54, 1.807) is 26.0 Å². The predicted octanol–water partition coefficient (Wildman–Crippen LogP) is -2.16. The Bertz CT molecular complexity index is 545. The summed E-state index contributed by atoms with van der Waals surface area (Å²) in [6.45, 7) is 3.49. The summed E-state index contributed by atoms with van der Waals surface area (Å²) in [5, 5.41) is 11.6. The fourth-order valence-corrected chi connectivity index (χ4v) is 2.38. The monoisotopic (exact) mass is 323 g/mol. The van der Waals surface area contributed by atoms with E-state index in [-0.39, 0.29) is 42.1 Å². The summed E-state index contributed by atoms with van der Waals surface area (Å²) in [6, 6.07) is 8.24. The third-order valence-corrected chi connectivity index (χ3v) is 3.39. The standard InChI is InChI=1S/C13H19NO5S.Na/c1-10(2)12(9-20(16,17)18)14-13(15)19-8-11-6-4-3-5-7-11;/h3-7,10,12H,8-9H2,1-2H3,(H,14,15)(H,16,17,18);/q;+1/p-1/t12-;/m1./s1. The fourth-order valence-electron chi connectivity index (χ4n) is 1.49. The van der Waals surface area contributed by atoms with E-state index in [1.165, 1.54) is 0 Å². The third kappa shape index (κ3) is 9.10. The zero-order valence-electron chi connectivity index (χ0n) is 12.4. The Hall–Kier alpha value is -0.600. The zero-order chi connectivity index (χ0) is 15.2. The van der Waals surface area contributed by atoms with Crippen molar-refractivity contribution in [3.63, 3.8) is 0 Å². The number of hydrogen-bond acceptors (Lipinski definition) is 5. The summed E-state index contributed by atoms with van der Waals surface area (Å²) >= 11 is 0. The van der Waals surface area contributed by atoms with Gasteiger partial charge >= 0.3 is 29.6 Å². The molecular weight excluding hydrogens is 305 g/mol. The number of aliphatic imine (C=N–C) groups is 1. The molecule has 0 aliphatic heterocycles. The van der Waals surface area contributed by atoms with Crippen molar-refractivity contribution < 1.29 is 52.4 Å². The number of ether oxygens (including phenoxy) is 1. The summed E-state index contributed by atoms with van der Waals surface area (Å²) < 4.78 is 35.5. The van der Waals surface area contributed by atoms with Gasteiger partial charge in [0.25, 0.3) is 10.1 Å². The van der Waals surface area contributed by atoms with Crippen LogP contribution in [0.5, 0.6) is 0 Å². The molecule has 21 heavy (non-hydrogen) atoms. The summed E-state index contributed by atoms with van der Waals surface area (Å²) in [5.74, 6) is -0.799. The van der Waals surface area contributed by atoms with E-state index < -0.39 is 28.0 Å². The van der Waals surface area contributed by atoms with Crippen molar-refractivity contribution in [3.8, 4) is 0 Å². The van der Waals surface area contributed by atoms with Crippen molar-refractivity contribution in [1.82, 2.24) is 0 Å². The number of hydrogen-bond donors (Lipinski definition) is 1. The van der Waals surface area contributed by atoms with Crippen molar-refractivity contribution >= 4 is 16.2 Å². The molecule has 1 aromatic rings. The third-order valence-electron chi connectivity index (χ3n) is 2.63. The molecule has 0 aliphatic rings. The van der Waals surface area contributed by atoms with Crippen molar-refractivity contribution in [2.24, 2.45) is 10.9 Å². The molecule has 0 bridgehead atoms. The van der Waals surface area contributed by atoms with Gasteiger partial charge in [-0.1, -0.05) is 44.2 Å². The topological polar surface area (TPSA) is 99.0 Å². The zero-order valence-corrected chi connectivity index (χ0v) is 15.2. The quantitative estimate of drug-likeness (QED) is 0.278. The molecule has 0 saturated heterocycles. The molecule has 0 saturated carbocycles. The molecule has 6 nitrogen and oxygen atoms in total. The first-order chi connectivity index (χ1) is 9.28. The summed E-state index contributed by atoms with van der Waals surface area (Å²) in [5.41, 5.74) is 0.812. The molecule has 112 valence electrons. The summed E-state index contributed by atoms with van der Waals surface area (Å²) in [4.78, 5) is 3.68. The summed E-state index contributed by atoms with van der Waals surface area (Å²) in [7, 11) is -4.18. The van der Waals surface area contributed by atoms with E-state index in [9.17, 15) is 13.5 Å². The first kappa shape index (κ1) is 20.4. The first-order valence-electron chi connectivity index (χ1n) is 6.14. The second-order valence-electron chi connectivity index (χ2n) is 4.73. The molecule has 8 heteroatoms. The van der Waals surface area contributed by atoms with Gasteiger partial charge in [0.15, 0.2) is 0 Å². The van der Waals surface area contributed by atoms with Crippen molar-refractivity contribution in [2.75, 3.05) is 5.75 Å². The molecular formula is C13H18NNaO5S. The molecule has 1 atom stereocenters. The van der Waals surface area contributed by atoms with Crippen LogP contribution in [0.15, 0.2) is 35.3 Å². The molecule has 0 unspecified atom stereocenters. The van der Waals surface area contributed by atoms with Crippen molar-refractivity contribution in [3.05, 3.63) is 35.9 Å². The van der Waals surface area contributed by atoms with Crippen LogP contribution in [-0.2, 0) is 21.5 Å². The normalized spacial score (nSPS) is 13.6. The Morgan fingerprint density at radius 2 is 1.90 bits per heavy atom. The molecule has 0 spiro atoms. The second-order valence-corrected chi connectivity index (χ2v) is 6.23. The second kappa shape index (κ2) is 9.42. The van der Waals surface area contributed by atoms with Crippen LogP contribution in [-0.4, -0.2) is 30.8 Å². The smallest absolute Gasteiger partial charge is 0.596 e. The average molecular weight is 323 g/mol. The maximum Gasteiger partial charge on any atom is 1.00 e. The van der Waals surface area contributed by atoms with Crippen LogP contribution in [0.3, 0.4) is 0 Å². The Labute approximate surface area is 147 Å². The minimum absolute atomic E-state index is 0. The Balaban J connectivity index is 0.00000400. The molecule has 0 heterocycles. The van der Waals surface area contributed by atoms with Crippen LogP contribution in [0.25, 0.3) is 0 Å². The van der Waals surface area contributed by atoms with Gasteiger partial charge in [-0.2, -0.15) is 8.42 Å². The first-order valence-corrected chi connectivity index (χ1v) is 7.75. The number of nitrogens with zero attached hydrogens (tertiary/aromatic N) is 1. The average Bonchev–Trinajstić information content (AvgIpc) is 2.35. The van der Waals surface area contributed by atoms with E-state index >= 15 is 0 Å². The van der Waals surface area contributed by atoms with Crippen LogP contribution < -0.4 is 34.7 Å². The Morgan fingerprint density at radius 3 is 2.38 bits per heavy atom. The minimum Gasteiger partial charge on any atom is -0.596 e. The Kier molecular flexibility index (Phi) is 9.15. The van der Waals surface area contributed by atoms with Crippen LogP contribution in [0.4, 0.5) is 0 Å². The molecule has 1 rings (SSSR count). The molecule has 0 fully saturated rings. The van der Waals surface area contributed by atoms with Crippen LogP contribution in [0.2, 0.25) is 0 Å². The SMILES string of the molecule is CC(C)[C@@H](CS(=O)(=O)O)N=C([O-])OCc1ccccc1.[Na+]. The van der Waals surface area contributed by atoms with Gasteiger partial charge in [-0.15, -0.1) is 0 Å².